The van der Waals surface area contributed by atoms with Gasteiger partial charge in [0.25, 0.3) is 0 Å². The van der Waals surface area contributed by atoms with E-state index >= 15 is 0 Å². The van der Waals surface area contributed by atoms with Crippen molar-refractivity contribution < 1.29 is 144 Å². The number of aliphatic hydroxyl groups excluding tert-OH is 4. The maximum Gasteiger partial charge on any atom is 0.187 e. The van der Waals surface area contributed by atoms with E-state index in [9.17, 15) is 20.4 Å². The Kier molecular flexibility index (Phi) is 26.1. The summed E-state index contributed by atoms with van der Waals surface area (Å²) >= 11 is 0. The van der Waals surface area contributed by atoms with Crippen LogP contribution < -0.4 is 0 Å². The molecule has 0 aromatic carbocycles. The van der Waals surface area contributed by atoms with Gasteiger partial charge >= 0.3 is 0 Å². The lowest BCUT2D eigenvalue weighted by atomic mass is 9.94. The summed E-state index contributed by atoms with van der Waals surface area (Å²) in [5, 5.41) is 44.2. The molecule has 22 rings (SSSR count). The van der Waals surface area contributed by atoms with Gasteiger partial charge in [-0.15, -0.1) is 0 Å². The minimum atomic E-state index is -1.33. The minimum Gasteiger partial charge on any atom is -0.394 e. The Balaban J connectivity index is 1.32. The van der Waals surface area contributed by atoms with Gasteiger partial charge in [0.15, 0.2) is 37.7 Å². The standard InChI is InChI=1S/C50H88O30/c1-55-19-25-31-37(61-7)43(67-13)49(73-25)77-29-23(17-53)69-45(39(63-9)35(29)59-5)76-28-22(16-52)72-48(42(66-12)34(28)58-4)80-32-26(20-56-2)74-50(44(68-14)38(32)62-8)78-30-24(18-54)70-46(40(64-10)36(30)60-6)75-27-21(15-51)71-47(79-31)41(65-11)33(27)57-3/h21-54H,15-20H2,1-14H3/t21-,22-,23-,24-,25-,26-,27-,28-,29-,30-,31-,32-,33+,34+,35+,36+,37+,38+,39-,40-,41-,42-,43-,44-,45-,46-,47-,48-,49-,50-/m1/s1. The maximum atomic E-state index is 11.1. The molecule has 80 heavy (non-hydrogen) atoms. The predicted molar refractivity (Wildman–Crippen MR) is 263 cm³/mol. The molecule has 0 aromatic heterocycles. The molecule has 0 unspecified atom stereocenters. The van der Waals surface area contributed by atoms with E-state index in [0.29, 0.717) is 0 Å². The van der Waals surface area contributed by atoms with Crippen LogP contribution in [0.15, 0.2) is 0 Å². The molecule has 0 spiro atoms. The first-order valence-corrected chi connectivity index (χ1v) is 26.5. The van der Waals surface area contributed by atoms with Crippen LogP contribution >= 0.6 is 0 Å². The van der Waals surface area contributed by atoms with E-state index in [2.05, 4.69) is 0 Å². The molecule has 22 saturated heterocycles. The van der Waals surface area contributed by atoms with E-state index in [1.165, 1.54) is 99.5 Å². The zero-order valence-electron chi connectivity index (χ0n) is 48.0. The average molecular weight is 1170 g/mol. The molecule has 0 aliphatic carbocycles. The second-order valence-corrected chi connectivity index (χ2v) is 19.9. The van der Waals surface area contributed by atoms with Gasteiger partial charge in [0, 0.05) is 99.5 Å². The summed E-state index contributed by atoms with van der Waals surface area (Å²) in [5.41, 5.74) is 0. The summed E-state index contributed by atoms with van der Waals surface area (Å²) in [7, 11) is 20.1. The number of aliphatic hydroxyl groups is 4. The Bertz CT molecular complexity index is 1640. The third kappa shape index (κ3) is 13.5. The molecule has 12 bridgehead atoms. The molecule has 0 radical (unpaired) electrons. The second-order valence-electron chi connectivity index (χ2n) is 19.9. The predicted octanol–water partition coefficient (Wildman–Crippen LogP) is -3.90. The highest BCUT2D eigenvalue weighted by Gasteiger charge is 2.61. The van der Waals surface area contributed by atoms with Gasteiger partial charge < -0.3 is 144 Å². The second kappa shape index (κ2) is 31.4. The quantitative estimate of drug-likeness (QED) is 0.0906. The van der Waals surface area contributed by atoms with E-state index in [-0.39, 0.29) is 13.2 Å². The summed E-state index contributed by atoms with van der Waals surface area (Å²) in [5.74, 6) is 0. The average Bonchev–Trinajstić information content (AvgIpc) is 3.48. The summed E-state index contributed by atoms with van der Waals surface area (Å²) < 4.78 is 164. The van der Waals surface area contributed by atoms with Crippen molar-refractivity contribution in [2.75, 3.05) is 139 Å². The first-order chi connectivity index (χ1) is 38.9. The highest BCUT2D eigenvalue weighted by atomic mass is 16.8. The minimum absolute atomic E-state index is 0.0807. The van der Waals surface area contributed by atoms with Crippen molar-refractivity contribution in [2.45, 2.75) is 184 Å². The van der Waals surface area contributed by atoms with E-state index in [1.807, 2.05) is 0 Å². The van der Waals surface area contributed by atoms with Crippen LogP contribution in [0.2, 0.25) is 0 Å². The van der Waals surface area contributed by atoms with Crippen LogP contribution in [0.25, 0.3) is 0 Å². The van der Waals surface area contributed by atoms with Gasteiger partial charge in [0.05, 0.1) is 39.6 Å². The Morgan fingerprint density at radius 1 is 0.212 bits per heavy atom. The molecule has 30 atom stereocenters. The van der Waals surface area contributed by atoms with Gasteiger partial charge in [0.1, 0.15) is 146 Å². The maximum absolute atomic E-state index is 11.1. The highest BCUT2D eigenvalue weighted by Crippen LogP contribution is 2.42. The van der Waals surface area contributed by atoms with Crippen molar-refractivity contribution in [3.8, 4) is 0 Å². The van der Waals surface area contributed by atoms with Crippen LogP contribution in [0.1, 0.15) is 0 Å². The Morgan fingerprint density at radius 2 is 0.362 bits per heavy atom. The third-order valence-corrected chi connectivity index (χ3v) is 15.9. The number of rotatable bonds is 20. The molecule has 30 heteroatoms. The molecule has 22 fully saturated rings. The topological polar surface area (TPSA) is 321 Å². The first-order valence-electron chi connectivity index (χ1n) is 26.5. The first kappa shape index (κ1) is 66.3. The van der Waals surface area contributed by atoms with E-state index in [1.54, 1.807) is 0 Å². The van der Waals surface area contributed by atoms with Crippen LogP contribution in [0.5, 0.6) is 0 Å². The fourth-order valence-electron chi connectivity index (χ4n) is 12.1. The molecule has 30 nitrogen and oxygen atoms in total. The van der Waals surface area contributed by atoms with Gasteiger partial charge in [0.2, 0.25) is 0 Å². The lowest BCUT2D eigenvalue weighted by Crippen LogP contribution is -2.70. The van der Waals surface area contributed by atoms with Crippen molar-refractivity contribution >= 4 is 0 Å². The lowest BCUT2D eigenvalue weighted by Gasteiger charge is -2.53. The zero-order valence-corrected chi connectivity index (χ0v) is 48.0. The molecule has 0 saturated carbocycles. The summed E-state index contributed by atoms with van der Waals surface area (Å²) in [6.45, 7) is -2.64. The van der Waals surface area contributed by atoms with Gasteiger partial charge in [-0.3, -0.25) is 0 Å². The molecule has 22 heterocycles. The summed E-state index contributed by atoms with van der Waals surface area (Å²) in [6, 6.07) is 0. The number of methoxy groups -OCH3 is 14. The van der Waals surface area contributed by atoms with Crippen LogP contribution in [0, 0.1) is 0 Å². The van der Waals surface area contributed by atoms with Crippen LogP contribution in [0.4, 0.5) is 0 Å². The number of ether oxygens (including phenoxy) is 26. The largest absolute Gasteiger partial charge is 0.394 e. The number of hydrogen-bond acceptors (Lipinski definition) is 30. The molecule has 0 aromatic rings. The van der Waals surface area contributed by atoms with Crippen molar-refractivity contribution in [1.29, 1.82) is 0 Å². The number of hydrogen-bond donors (Lipinski definition) is 4. The molecule has 22 aliphatic rings. The van der Waals surface area contributed by atoms with Gasteiger partial charge in [-0.1, -0.05) is 0 Å². The van der Waals surface area contributed by atoms with Crippen LogP contribution in [0.3, 0.4) is 0 Å². The third-order valence-electron chi connectivity index (χ3n) is 15.9. The molecular weight excluding hydrogens is 1080 g/mol. The Morgan fingerprint density at radius 3 is 0.500 bits per heavy atom. The highest BCUT2D eigenvalue weighted by molar-refractivity contribution is 5.03. The zero-order chi connectivity index (χ0) is 57.9. The fraction of sp³-hybridized carbons (Fsp3) is 1.00. The van der Waals surface area contributed by atoms with Gasteiger partial charge in [-0.05, 0) is 0 Å². The molecule has 4 N–H and O–H groups in total. The van der Waals surface area contributed by atoms with E-state index < -0.39 is 211 Å². The molecule has 468 valence electrons. The fourth-order valence-corrected chi connectivity index (χ4v) is 12.1. The van der Waals surface area contributed by atoms with E-state index in [4.69, 9.17) is 123 Å². The molecular formula is C50H88O30. The molecule has 0 amide bonds. The molecule has 22 aliphatic heterocycles. The lowest BCUT2D eigenvalue weighted by molar-refractivity contribution is -0.409. The Hall–Kier alpha value is -1.20. The summed E-state index contributed by atoms with van der Waals surface area (Å²) in [6.07, 6.45) is -33.8. The summed E-state index contributed by atoms with van der Waals surface area (Å²) in [4.78, 5) is 0. The smallest absolute Gasteiger partial charge is 0.187 e. The monoisotopic (exact) mass is 1170 g/mol. The normalized spacial score (nSPS) is 47.8. The van der Waals surface area contributed by atoms with Crippen molar-refractivity contribution in [1.82, 2.24) is 0 Å². The van der Waals surface area contributed by atoms with Crippen molar-refractivity contribution in [2.24, 2.45) is 0 Å². The van der Waals surface area contributed by atoms with Crippen molar-refractivity contribution in [3.05, 3.63) is 0 Å². The van der Waals surface area contributed by atoms with E-state index in [0.717, 1.165) is 0 Å². The Labute approximate surface area is 466 Å². The van der Waals surface area contributed by atoms with Crippen LogP contribution in [-0.2, 0) is 123 Å². The van der Waals surface area contributed by atoms with Crippen molar-refractivity contribution in [3.63, 3.8) is 0 Å². The van der Waals surface area contributed by atoms with Gasteiger partial charge in [-0.25, -0.2) is 0 Å². The SMILES string of the molecule is COC[C@H]1O[C@@H]2O[C@H]3[C@H](OC)[C@@H](OC)[C@@H](O[C@H]4[C@H](OC)[C@@H](OC)[C@@H](O[C@H]5[C@H](OC)[C@@H](OC)[C@@H](O[C@H]6[C@H](OC)[C@@H](OC)[C@@H](O[C@H]7[C@H](OC)[C@@H](OC)[C@@H](O[C@H]1[C@H](OC)[C@H]2OC)O[C@@H]7CO)O[C@@H]6CO)O[C@@H]5COC)O[C@@H]4CO)O[C@@H]3CO. The van der Waals surface area contributed by atoms with Gasteiger partial charge in [-0.2, -0.15) is 0 Å². The van der Waals surface area contributed by atoms with Crippen LogP contribution in [-0.4, -0.2) is 344 Å².